The molecule has 4 nitrogen and oxygen atoms in total. The predicted octanol–water partition coefficient (Wildman–Crippen LogP) is 0.677. The summed E-state index contributed by atoms with van der Waals surface area (Å²) in [6, 6.07) is 0. The normalized spacial score (nSPS) is 19.2. The molecule has 2 heterocycles. The fourth-order valence-corrected chi connectivity index (χ4v) is 1.58. The van der Waals surface area contributed by atoms with Gasteiger partial charge in [-0.1, -0.05) is 0 Å². The van der Waals surface area contributed by atoms with Crippen molar-refractivity contribution in [2.24, 2.45) is 5.73 Å². The molecule has 0 aliphatic heterocycles. The molecule has 0 aromatic carbocycles. The standard InChI is InChI=1S/C9H10N4/c10-9(1-2-9)7-8-12-4-6-13(8)5-3-11-7/h3-6H,1-2,10H2. The number of hydrogen-bond donors (Lipinski definition) is 1. The summed E-state index contributed by atoms with van der Waals surface area (Å²) in [6.07, 6.45) is 9.38. The third-order valence-corrected chi connectivity index (χ3v) is 2.57. The molecule has 1 aliphatic rings. The second-order valence-corrected chi connectivity index (χ2v) is 3.59. The summed E-state index contributed by atoms with van der Waals surface area (Å²) in [5, 5.41) is 0. The van der Waals surface area contributed by atoms with E-state index in [1.807, 2.05) is 16.8 Å². The molecule has 0 spiro atoms. The van der Waals surface area contributed by atoms with Crippen molar-refractivity contribution in [2.45, 2.75) is 18.4 Å². The second kappa shape index (κ2) is 2.09. The van der Waals surface area contributed by atoms with Crippen LogP contribution in [0, 0.1) is 0 Å². The van der Waals surface area contributed by atoms with E-state index in [2.05, 4.69) is 9.97 Å². The van der Waals surface area contributed by atoms with Gasteiger partial charge in [0.15, 0.2) is 5.65 Å². The highest BCUT2D eigenvalue weighted by Gasteiger charge is 2.43. The van der Waals surface area contributed by atoms with E-state index in [0.717, 1.165) is 24.2 Å². The minimum Gasteiger partial charge on any atom is -0.320 e. The lowest BCUT2D eigenvalue weighted by Crippen LogP contribution is -2.21. The van der Waals surface area contributed by atoms with Crippen LogP contribution in [0.1, 0.15) is 18.5 Å². The quantitative estimate of drug-likeness (QED) is 0.691. The lowest BCUT2D eigenvalue weighted by molar-refractivity contribution is 0.707. The zero-order valence-electron chi connectivity index (χ0n) is 7.14. The van der Waals surface area contributed by atoms with Gasteiger partial charge >= 0.3 is 0 Å². The molecular weight excluding hydrogens is 164 g/mol. The molecule has 3 rings (SSSR count). The fraction of sp³-hybridized carbons (Fsp3) is 0.333. The lowest BCUT2D eigenvalue weighted by atomic mass is 10.2. The Morgan fingerprint density at radius 1 is 1.23 bits per heavy atom. The Labute approximate surface area is 75.4 Å². The van der Waals surface area contributed by atoms with E-state index in [1.165, 1.54) is 0 Å². The van der Waals surface area contributed by atoms with Gasteiger partial charge in [-0.15, -0.1) is 0 Å². The zero-order chi connectivity index (χ0) is 8.89. The van der Waals surface area contributed by atoms with Gasteiger partial charge in [0.25, 0.3) is 0 Å². The van der Waals surface area contributed by atoms with E-state index >= 15 is 0 Å². The average Bonchev–Trinajstić information content (AvgIpc) is 2.72. The third-order valence-electron chi connectivity index (χ3n) is 2.57. The first-order valence-corrected chi connectivity index (χ1v) is 4.37. The molecule has 66 valence electrons. The Morgan fingerprint density at radius 2 is 1.92 bits per heavy atom. The van der Waals surface area contributed by atoms with Gasteiger partial charge in [0.05, 0.1) is 5.54 Å². The van der Waals surface area contributed by atoms with Gasteiger partial charge in [0.2, 0.25) is 0 Å². The summed E-state index contributed by atoms with van der Waals surface area (Å²) < 4.78 is 1.95. The lowest BCUT2D eigenvalue weighted by Gasteiger charge is -2.07. The topological polar surface area (TPSA) is 56.2 Å². The first-order chi connectivity index (χ1) is 6.30. The number of rotatable bonds is 1. The molecule has 0 amide bonds. The summed E-state index contributed by atoms with van der Waals surface area (Å²) in [4.78, 5) is 8.55. The number of nitrogens with zero attached hydrogens (tertiary/aromatic N) is 3. The Hall–Kier alpha value is -1.42. The molecule has 13 heavy (non-hydrogen) atoms. The van der Waals surface area contributed by atoms with Gasteiger partial charge in [0, 0.05) is 24.8 Å². The minimum absolute atomic E-state index is 0.201. The largest absolute Gasteiger partial charge is 0.320 e. The molecule has 1 fully saturated rings. The molecule has 0 atom stereocenters. The number of imidazole rings is 1. The summed E-state index contributed by atoms with van der Waals surface area (Å²) in [6.45, 7) is 0. The van der Waals surface area contributed by atoms with Gasteiger partial charge in [-0.25, -0.2) is 4.98 Å². The smallest absolute Gasteiger partial charge is 0.160 e. The molecule has 0 bridgehead atoms. The van der Waals surface area contributed by atoms with Crippen molar-refractivity contribution in [3.63, 3.8) is 0 Å². The Balaban J connectivity index is 2.33. The van der Waals surface area contributed by atoms with Crippen LogP contribution in [0.3, 0.4) is 0 Å². The highest BCUT2D eigenvalue weighted by atomic mass is 15.0. The van der Waals surface area contributed by atoms with Crippen molar-refractivity contribution in [2.75, 3.05) is 0 Å². The van der Waals surface area contributed by atoms with E-state index in [9.17, 15) is 0 Å². The van der Waals surface area contributed by atoms with E-state index in [4.69, 9.17) is 5.73 Å². The maximum atomic E-state index is 6.08. The molecule has 4 heteroatoms. The molecule has 1 aliphatic carbocycles. The van der Waals surface area contributed by atoms with Crippen molar-refractivity contribution in [1.82, 2.24) is 14.4 Å². The number of hydrogen-bond acceptors (Lipinski definition) is 3. The Morgan fingerprint density at radius 3 is 2.62 bits per heavy atom. The molecule has 2 aromatic heterocycles. The molecule has 0 saturated heterocycles. The van der Waals surface area contributed by atoms with Crippen molar-refractivity contribution < 1.29 is 0 Å². The van der Waals surface area contributed by atoms with Crippen LogP contribution < -0.4 is 5.73 Å². The first kappa shape index (κ1) is 7.03. The van der Waals surface area contributed by atoms with Crippen LogP contribution in [-0.2, 0) is 5.54 Å². The summed E-state index contributed by atoms with van der Waals surface area (Å²) in [7, 11) is 0. The SMILES string of the molecule is NC1(c2nccn3ccnc23)CC1. The van der Waals surface area contributed by atoms with E-state index < -0.39 is 0 Å². The molecule has 1 saturated carbocycles. The van der Waals surface area contributed by atoms with Crippen LogP contribution in [0.4, 0.5) is 0 Å². The monoisotopic (exact) mass is 174 g/mol. The van der Waals surface area contributed by atoms with Crippen molar-refractivity contribution >= 4 is 5.65 Å². The molecular formula is C9H10N4. The number of nitrogens with two attached hydrogens (primary N) is 1. The van der Waals surface area contributed by atoms with Crippen LogP contribution in [0.15, 0.2) is 24.8 Å². The molecule has 2 aromatic rings. The van der Waals surface area contributed by atoms with E-state index in [0.29, 0.717) is 0 Å². The zero-order valence-corrected chi connectivity index (χ0v) is 7.14. The molecule has 0 unspecified atom stereocenters. The van der Waals surface area contributed by atoms with Crippen LogP contribution in [0.25, 0.3) is 5.65 Å². The summed E-state index contributed by atoms with van der Waals surface area (Å²) in [5.74, 6) is 0. The van der Waals surface area contributed by atoms with Gasteiger partial charge in [-0.2, -0.15) is 0 Å². The van der Waals surface area contributed by atoms with E-state index in [-0.39, 0.29) is 5.54 Å². The number of fused-ring (bicyclic) bond motifs is 1. The van der Waals surface area contributed by atoms with E-state index in [1.54, 1.807) is 12.4 Å². The highest BCUT2D eigenvalue weighted by Crippen LogP contribution is 2.42. The maximum Gasteiger partial charge on any atom is 0.160 e. The molecule has 2 N–H and O–H groups in total. The average molecular weight is 174 g/mol. The van der Waals surface area contributed by atoms with Crippen LogP contribution in [-0.4, -0.2) is 14.4 Å². The minimum atomic E-state index is -0.201. The third kappa shape index (κ3) is 0.890. The molecule has 0 radical (unpaired) electrons. The van der Waals surface area contributed by atoms with Gasteiger partial charge in [-0.3, -0.25) is 4.98 Å². The van der Waals surface area contributed by atoms with Gasteiger partial charge < -0.3 is 10.1 Å². The first-order valence-electron chi connectivity index (χ1n) is 4.37. The highest BCUT2D eigenvalue weighted by molar-refractivity contribution is 5.49. The fourth-order valence-electron chi connectivity index (χ4n) is 1.58. The van der Waals surface area contributed by atoms with Crippen molar-refractivity contribution in [3.05, 3.63) is 30.5 Å². The summed E-state index contributed by atoms with van der Waals surface area (Å²) in [5.41, 5.74) is 7.70. The number of aromatic nitrogens is 3. The Bertz CT molecular complexity index is 455. The van der Waals surface area contributed by atoms with Crippen LogP contribution in [0.5, 0.6) is 0 Å². The van der Waals surface area contributed by atoms with Crippen LogP contribution >= 0.6 is 0 Å². The van der Waals surface area contributed by atoms with Gasteiger partial charge in [-0.05, 0) is 12.8 Å². The predicted molar refractivity (Wildman–Crippen MR) is 48.1 cm³/mol. The summed E-state index contributed by atoms with van der Waals surface area (Å²) >= 11 is 0. The van der Waals surface area contributed by atoms with Gasteiger partial charge in [0.1, 0.15) is 5.69 Å². The Kier molecular flexibility index (Phi) is 1.13. The van der Waals surface area contributed by atoms with Crippen molar-refractivity contribution in [3.8, 4) is 0 Å². The van der Waals surface area contributed by atoms with Crippen molar-refractivity contribution in [1.29, 1.82) is 0 Å². The van der Waals surface area contributed by atoms with Crippen LogP contribution in [0.2, 0.25) is 0 Å². The second-order valence-electron chi connectivity index (χ2n) is 3.59. The maximum absolute atomic E-state index is 6.08.